The number of hydrogen-bond acceptors (Lipinski definition) is 3. The molecule has 0 heterocycles. The van der Waals surface area contributed by atoms with Crippen molar-refractivity contribution in [2.45, 2.75) is 13.5 Å². The van der Waals surface area contributed by atoms with E-state index in [1.165, 1.54) is 5.56 Å². The minimum Gasteiger partial charge on any atom is -0.489 e. The third-order valence-corrected chi connectivity index (χ3v) is 3.86. The van der Waals surface area contributed by atoms with Gasteiger partial charge in [0.2, 0.25) is 0 Å². The van der Waals surface area contributed by atoms with Crippen LogP contribution in [-0.2, 0) is 6.61 Å². The average Bonchev–Trinajstić information content (AvgIpc) is 2.66. The van der Waals surface area contributed by atoms with Crippen molar-refractivity contribution in [1.29, 1.82) is 0 Å². The molecule has 0 unspecified atom stereocenters. The van der Waals surface area contributed by atoms with Gasteiger partial charge in [0.05, 0.1) is 11.3 Å². The first kappa shape index (κ1) is 17.4. The summed E-state index contributed by atoms with van der Waals surface area (Å²) in [6.45, 7) is 2.42. The second-order valence-electron chi connectivity index (χ2n) is 5.96. The van der Waals surface area contributed by atoms with Crippen molar-refractivity contribution >= 4 is 17.9 Å². The Hall–Kier alpha value is -3.40. The first-order valence-electron chi connectivity index (χ1n) is 8.26. The molecule has 0 saturated carbocycles. The van der Waals surface area contributed by atoms with Crippen molar-refractivity contribution in [1.82, 2.24) is 0 Å². The third-order valence-electron chi connectivity index (χ3n) is 3.86. The maximum atomic E-state index is 10.9. The minimum absolute atomic E-state index is 0.267. The van der Waals surface area contributed by atoms with E-state index in [1.54, 1.807) is 30.5 Å². The normalized spacial score (nSPS) is 10.8. The predicted octanol–water partition coefficient (Wildman–Crippen LogP) is 5.02. The Morgan fingerprint density at radius 2 is 1.77 bits per heavy atom. The molecule has 3 aromatic rings. The fourth-order valence-electron chi connectivity index (χ4n) is 2.37. The van der Waals surface area contributed by atoms with Crippen LogP contribution in [0, 0.1) is 6.92 Å². The summed E-state index contributed by atoms with van der Waals surface area (Å²) in [5, 5.41) is 8.92. The van der Waals surface area contributed by atoms with E-state index >= 15 is 0 Å². The van der Waals surface area contributed by atoms with E-state index in [0.29, 0.717) is 6.61 Å². The molecule has 0 amide bonds. The van der Waals surface area contributed by atoms with Crippen molar-refractivity contribution in [3.8, 4) is 5.75 Å². The van der Waals surface area contributed by atoms with Gasteiger partial charge in [0.15, 0.2) is 0 Å². The van der Waals surface area contributed by atoms with Crippen molar-refractivity contribution in [2.24, 2.45) is 4.99 Å². The second-order valence-corrected chi connectivity index (χ2v) is 5.96. The van der Waals surface area contributed by atoms with E-state index in [0.717, 1.165) is 22.6 Å². The summed E-state index contributed by atoms with van der Waals surface area (Å²) < 4.78 is 5.79. The van der Waals surface area contributed by atoms with Crippen LogP contribution in [0.5, 0.6) is 5.75 Å². The Morgan fingerprint density at radius 3 is 2.46 bits per heavy atom. The smallest absolute Gasteiger partial charge is 0.335 e. The first-order chi connectivity index (χ1) is 12.6. The molecule has 0 spiro atoms. The Morgan fingerprint density at radius 1 is 1.04 bits per heavy atom. The molecular formula is C22H19NO3. The number of ether oxygens (including phenoxy) is 1. The molecule has 26 heavy (non-hydrogen) atoms. The summed E-state index contributed by atoms with van der Waals surface area (Å²) >= 11 is 0. The quantitative estimate of drug-likeness (QED) is 0.638. The topological polar surface area (TPSA) is 58.9 Å². The number of aryl methyl sites for hydroxylation is 1. The molecule has 3 aromatic carbocycles. The number of nitrogens with zero attached hydrogens (tertiary/aromatic N) is 1. The van der Waals surface area contributed by atoms with Gasteiger partial charge in [-0.1, -0.05) is 42.0 Å². The largest absolute Gasteiger partial charge is 0.489 e. The summed E-state index contributed by atoms with van der Waals surface area (Å²) in [4.78, 5) is 15.3. The van der Waals surface area contributed by atoms with Gasteiger partial charge in [0.1, 0.15) is 12.4 Å². The molecule has 4 heteroatoms. The number of rotatable bonds is 6. The molecule has 4 nitrogen and oxygen atoms in total. The van der Waals surface area contributed by atoms with Crippen LogP contribution in [0.4, 0.5) is 5.69 Å². The molecule has 0 bridgehead atoms. The highest BCUT2D eigenvalue weighted by Gasteiger charge is 2.02. The molecule has 1 N–H and O–H groups in total. The van der Waals surface area contributed by atoms with Crippen molar-refractivity contribution in [3.05, 3.63) is 95.1 Å². The molecular weight excluding hydrogens is 326 g/mol. The second kappa shape index (κ2) is 8.12. The summed E-state index contributed by atoms with van der Waals surface area (Å²) in [6, 6.07) is 22.4. The van der Waals surface area contributed by atoms with E-state index in [2.05, 4.69) is 4.99 Å². The molecule has 0 aliphatic carbocycles. The van der Waals surface area contributed by atoms with Gasteiger partial charge < -0.3 is 9.84 Å². The van der Waals surface area contributed by atoms with Crippen LogP contribution in [0.3, 0.4) is 0 Å². The zero-order valence-electron chi connectivity index (χ0n) is 14.4. The molecule has 0 atom stereocenters. The van der Waals surface area contributed by atoms with Crippen molar-refractivity contribution in [2.75, 3.05) is 0 Å². The van der Waals surface area contributed by atoms with Gasteiger partial charge in [-0.05, 0) is 54.4 Å². The Balaban J connectivity index is 1.63. The van der Waals surface area contributed by atoms with Crippen LogP contribution in [0.2, 0.25) is 0 Å². The molecule has 0 radical (unpaired) electrons. The van der Waals surface area contributed by atoms with Gasteiger partial charge in [0, 0.05) is 6.21 Å². The molecule has 0 aliphatic rings. The lowest BCUT2D eigenvalue weighted by Gasteiger charge is -2.07. The summed E-state index contributed by atoms with van der Waals surface area (Å²) in [5.41, 5.74) is 4.23. The number of benzene rings is 3. The van der Waals surface area contributed by atoms with Crippen molar-refractivity contribution < 1.29 is 14.6 Å². The highest BCUT2D eigenvalue weighted by atomic mass is 16.5. The third kappa shape index (κ3) is 4.80. The van der Waals surface area contributed by atoms with Gasteiger partial charge in [-0.25, -0.2) is 4.79 Å². The lowest BCUT2D eigenvalue weighted by Crippen LogP contribution is -1.99. The average molecular weight is 345 g/mol. The first-order valence-corrected chi connectivity index (χ1v) is 8.26. The number of hydrogen-bond donors (Lipinski definition) is 1. The van der Waals surface area contributed by atoms with E-state index < -0.39 is 5.97 Å². The van der Waals surface area contributed by atoms with Gasteiger partial charge in [-0.2, -0.15) is 0 Å². The fraction of sp³-hybridized carbons (Fsp3) is 0.0909. The maximum Gasteiger partial charge on any atom is 0.335 e. The SMILES string of the molecule is Cc1ccc(N=Cc2cccc(OCc3ccc(C(=O)O)cc3)c2)cc1. The highest BCUT2D eigenvalue weighted by molar-refractivity contribution is 5.87. The Kier molecular flexibility index (Phi) is 5.44. The lowest BCUT2D eigenvalue weighted by atomic mass is 10.1. The number of aromatic carboxylic acids is 1. The molecule has 3 rings (SSSR count). The number of carboxylic acid groups (broad SMARTS) is 1. The van der Waals surface area contributed by atoms with E-state index in [1.807, 2.05) is 55.5 Å². The van der Waals surface area contributed by atoms with Crippen LogP contribution in [0.15, 0.2) is 77.8 Å². The Bertz CT molecular complexity index is 913. The van der Waals surface area contributed by atoms with E-state index in [4.69, 9.17) is 9.84 Å². The van der Waals surface area contributed by atoms with Crippen LogP contribution in [-0.4, -0.2) is 17.3 Å². The van der Waals surface area contributed by atoms with Crippen LogP contribution in [0.25, 0.3) is 0 Å². The van der Waals surface area contributed by atoms with E-state index in [-0.39, 0.29) is 5.56 Å². The molecule has 0 aromatic heterocycles. The standard InChI is InChI=1S/C22H19NO3/c1-16-5-11-20(12-6-16)23-14-18-3-2-4-21(13-18)26-15-17-7-9-19(10-8-17)22(24)25/h2-14H,15H2,1H3,(H,24,25). The van der Waals surface area contributed by atoms with Gasteiger partial charge in [0.25, 0.3) is 0 Å². The van der Waals surface area contributed by atoms with Gasteiger partial charge in [-0.3, -0.25) is 4.99 Å². The summed E-state index contributed by atoms with van der Waals surface area (Å²) in [5.74, 6) is -0.196. The predicted molar refractivity (Wildman–Crippen MR) is 103 cm³/mol. The summed E-state index contributed by atoms with van der Waals surface area (Å²) in [6.07, 6.45) is 1.80. The van der Waals surface area contributed by atoms with Gasteiger partial charge >= 0.3 is 5.97 Å². The van der Waals surface area contributed by atoms with Crippen LogP contribution in [0.1, 0.15) is 27.0 Å². The maximum absolute atomic E-state index is 10.9. The van der Waals surface area contributed by atoms with E-state index in [9.17, 15) is 4.79 Å². The monoisotopic (exact) mass is 345 g/mol. The van der Waals surface area contributed by atoms with Crippen molar-refractivity contribution in [3.63, 3.8) is 0 Å². The number of aliphatic imine (C=N–C) groups is 1. The number of carbonyl (C=O) groups is 1. The molecule has 0 fully saturated rings. The zero-order chi connectivity index (χ0) is 18.4. The molecule has 130 valence electrons. The molecule has 0 aliphatic heterocycles. The highest BCUT2D eigenvalue weighted by Crippen LogP contribution is 2.17. The molecule has 0 saturated heterocycles. The zero-order valence-corrected chi connectivity index (χ0v) is 14.4. The fourth-order valence-corrected chi connectivity index (χ4v) is 2.37. The van der Waals surface area contributed by atoms with Gasteiger partial charge in [-0.15, -0.1) is 0 Å². The number of carboxylic acids is 1. The van der Waals surface area contributed by atoms with Crippen LogP contribution < -0.4 is 4.74 Å². The Labute approximate surface area is 152 Å². The minimum atomic E-state index is -0.932. The lowest BCUT2D eigenvalue weighted by molar-refractivity contribution is 0.0697. The summed E-state index contributed by atoms with van der Waals surface area (Å²) in [7, 11) is 0. The van der Waals surface area contributed by atoms with Crippen LogP contribution >= 0.6 is 0 Å².